The summed E-state index contributed by atoms with van der Waals surface area (Å²) in [5.74, 6) is -0.185. The van der Waals surface area contributed by atoms with E-state index in [1.807, 2.05) is 49.4 Å². The van der Waals surface area contributed by atoms with Crippen molar-refractivity contribution in [2.24, 2.45) is 0 Å². The highest BCUT2D eigenvalue weighted by molar-refractivity contribution is 5.52. The van der Waals surface area contributed by atoms with Crippen LogP contribution in [0, 0.1) is 12.7 Å². The summed E-state index contributed by atoms with van der Waals surface area (Å²) in [6, 6.07) is 14.8. The summed E-state index contributed by atoms with van der Waals surface area (Å²) < 4.78 is 13.9. The summed E-state index contributed by atoms with van der Waals surface area (Å²) >= 11 is 0. The Balaban J connectivity index is 2.29. The van der Waals surface area contributed by atoms with Crippen LogP contribution in [-0.4, -0.2) is 0 Å². The van der Waals surface area contributed by atoms with E-state index in [0.29, 0.717) is 12.0 Å². The number of rotatable bonds is 5. The third kappa shape index (κ3) is 3.22. The van der Waals surface area contributed by atoms with Gasteiger partial charge in [-0.15, -0.1) is 6.58 Å². The number of hydrogen-bond acceptors (Lipinski definition) is 1. The first-order chi connectivity index (χ1) is 9.22. The second kappa shape index (κ2) is 6.19. The summed E-state index contributed by atoms with van der Waals surface area (Å²) in [4.78, 5) is 0. The van der Waals surface area contributed by atoms with Crippen LogP contribution >= 0.6 is 0 Å². The van der Waals surface area contributed by atoms with Crippen molar-refractivity contribution in [3.05, 3.63) is 78.1 Å². The highest BCUT2D eigenvalue weighted by Crippen LogP contribution is 2.26. The summed E-state index contributed by atoms with van der Waals surface area (Å²) in [5.41, 5.74) is 2.84. The minimum absolute atomic E-state index is 0.0974. The van der Waals surface area contributed by atoms with Crippen LogP contribution in [0.1, 0.15) is 23.6 Å². The highest BCUT2D eigenvalue weighted by Gasteiger charge is 2.14. The van der Waals surface area contributed by atoms with Gasteiger partial charge in [-0.05, 0) is 31.0 Å². The topological polar surface area (TPSA) is 12.0 Å². The maximum Gasteiger partial charge on any atom is 0.128 e. The Labute approximate surface area is 113 Å². The van der Waals surface area contributed by atoms with Crippen LogP contribution < -0.4 is 5.32 Å². The van der Waals surface area contributed by atoms with Gasteiger partial charge in [0.1, 0.15) is 5.82 Å². The lowest BCUT2D eigenvalue weighted by Gasteiger charge is -2.20. The zero-order valence-corrected chi connectivity index (χ0v) is 11.1. The standard InChI is InChI=1S/C17H18FN/c1-3-8-17(14-10-5-6-11-15(14)18)19-16-12-7-4-9-13(16)2/h3-7,9-12,17,19H,1,8H2,2H3. The predicted octanol–water partition coefficient (Wildman–Crippen LogP) is 4.86. The van der Waals surface area contributed by atoms with Crippen molar-refractivity contribution in [1.82, 2.24) is 0 Å². The molecule has 0 spiro atoms. The van der Waals surface area contributed by atoms with E-state index in [1.165, 1.54) is 6.07 Å². The zero-order valence-electron chi connectivity index (χ0n) is 11.1. The van der Waals surface area contributed by atoms with Gasteiger partial charge in [0.05, 0.1) is 6.04 Å². The number of halogens is 1. The molecule has 2 aromatic rings. The van der Waals surface area contributed by atoms with Crippen molar-refractivity contribution in [3.63, 3.8) is 0 Å². The van der Waals surface area contributed by atoms with Gasteiger partial charge in [0.15, 0.2) is 0 Å². The summed E-state index contributed by atoms with van der Waals surface area (Å²) in [5, 5.41) is 3.39. The third-order valence-electron chi connectivity index (χ3n) is 3.16. The SMILES string of the molecule is C=CCC(Nc1ccccc1C)c1ccccc1F. The summed E-state index contributed by atoms with van der Waals surface area (Å²) in [6.45, 7) is 5.79. The zero-order chi connectivity index (χ0) is 13.7. The molecule has 0 aliphatic carbocycles. The van der Waals surface area contributed by atoms with Gasteiger partial charge in [-0.25, -0.2) is 4.39 Å². The van der Waals surface area contributed by atoms with Gasteiger partial charge in [-0.3, -0.25) is 0 Å². The van der Waals surface area contributed by atoms with E-state index in [1.54, 1.807) is 6.07 Å². The van der Waals surface area contributed by atoms with Crippen LogP contribution in [0.2, 0.25) is 0 Å². The van der Waals surface area contributed by atoms with Crippen LogP contribution in [0.3, 0.4) is 0 Å². The Bertz CT molecular complexity index is 563. The quantitative estimate of drug-likeness (QED) is 0.752. The normalized spacial score (nSPS) is 11.9. The second-order valence-corrected chi connectivity index (χ2v) is 4.56. The van der Waals surface area contributed by atoms with Crippen molar-refractivity contribution >= 4 is 5.69 Å². The summed E-state index contributed by atoms with van der Waals surface area (Å²) in [7, 11) is 0. The second-order valence-electron chi connectivity index (χ2n) is 4.56. The molecule has 2 aromatic carbocycles. The monoisotopic (exact) mass is 255 g/mol. The molecule has 0 amide bonds. The largest absolute Gasteiger partial charge is 0.378 e. The molecule has 1 atom stereocenters. The molecule has 2 rings (SSSR count). The number of nitrogens with one attached hydrogen (secondary N) is 1. The lowest BCUT2D eigenvalue weighted by atomic mass is 10.0. The van der Waals surface area contributed by atoms with Gasteiger partial charge in [-0.1, -0.05) is 42.5 Å². The van der Waals surface area contributed by atoms with Gasteiger partial charge >= 0.3 is 0 Å². The molecule has 0 bridgehead atoms. The van der Waals surface area contributed by atoms with Crippen LogP contribution in [-0.2, 0) is 0 Å². The Morgan fingerprint density at radius 3 is 2.53 bits per heavy atom. The van der Waals surface area contributed by atoms with E-state index < -0.39 is 0 Å². The molecule has 98 valence electrons. The maximum atomic E-state index is 13.9. The van der Waals surface area contributed by atoms with Gasteiger partial charge in [0.25, 0.3) is 0 Å². The molecule has 0 aromatic heterocycles. The molecule has 0 aliphatic rings. The van der Waals surface area contributed by atoms with E-state index in [2.05, 4.69) is 11.9 Å². The van der Waals surface area contributed by atoms with E-state index in [-0.39, 0.29) is 11.9 Å². The Kier molecular flexibility index (Phi) is 4.35. The molecule has 1 N–H and O–H groups in total. The Morgan fingerprint density at radius 1 is 1.16 bits per heavy atom. The predicted molar refractivity (Wildman–Crippen MR) is 78.8 cm³/mol. The molecule has 19 heavy (non-hydrogen) atoms. The van der Waals surface area contributed by atoms with Crippen molar-refractivity contribution in [2.75, 3.05) is 5.32 Å². The fraction of sp³-hybridized carbons (Fsp3) is 0.176. The molecular formula is C17H18FN. The number of anilines is 1. The minimum atomic E-state index is -0.185. The Morgan fingerprint density at radius 2 is 1.84 bits per heavy atom. The number of benzene rings is 2. The lowest BCUT2D eigenvalue weighted by molar-refractivity contribution is 0.593. The molecule has 0 aliphatic heterocycles. The van der Waals surface area contributed by atoms with Crippen LogP contribution in [0.25, 0.3) is 0 Å². The Hall–Kier alpha value is -2.09. The first-order valence-electron chi connectivity index (χ1n) is 6.40. The smallest absolute Gasteiger partial charge is 0.128 e. The number of hydrogen-bond donors (Lipinski definition) is 1. The molecular weight excluding hydrogens is 237 g/mol. The molecule has 0 saturated heterocycles. The average Bonchev–Trinajstić information content (AvgIpc) is 2.41. The first kappa shape index (κ1) is 13.3. The maximum absolute atomic E-state index is 13.9. The van der Waals surface area contributed by atoms with E-state index >= 15 is 0 Å². The molecule has 1 unspecified atom stereocenters. The van der Waals surface area contributed by atoms with E-state index in [9.17, 15) is 4.39 Å². The molecule has 2 heteroatoms. The van der Waals surface area contributed by atoms with Crippen molar-refractivity contribution in [3.8, 4) is 0 Å². The highest BCUT2D eigenvalue weighted by atomic mass is 19.1. The third-order valence-corrected chi connectivity index (χ3v) is 3.16. The minimum Gasteiger partial charge on any atom is -0.378 e. The molecule has 0 fully saturated rings. The summed E-state index contributed by atoms with van der Waals surface area (Å²) in [6.07, 6.45) is 2.48. The molecule has 0 saturated carbocycles. The number of aryl methyl sites for hydroxylation is 1. The average molecular weight is 255 g/mol. The molecule has 0 heterocycles. The van der Waals surface area contributed by atoms with Gasteiger partial charge < -0.3 is 5.32 Å². The van der Waals surface area contributed by atoms with Crippen molar-refractivity contribution in [2.45, 2.75) is 19.4 Å². The van der Waals surface area contributed by atoms with Crippen LogP contribution in [0.15, 0.2) is 61.2 Å². The molecule has 0 radical (unpaired) electrons. The first-order valence-corrected chi connectivity index (χ1v) is 6.40. The fourth-order valence-electron chi connectivity index (χ4n) is 2.11. The van der Waals surface area contributed by atoms with Crippen molar-refractivity contribution in [1.29, 1.82) is 0 Å². The fourth-order valence-corrected chi connectivity index (χ4v) is 2.11. The van der Waals surface area contributed by atoms with Gasteiger partial charge in [0, 0.05) is 11.3 Å². The van der Waals surface area contributed by atoms with E-state index in [0.717, 1.165) is 11.3 Å². The van der Waals surface area contributed by atoms with E-state index in [4.69, 9.17) is 0 Å². The van der Waals surface area contributed by atoms with Crippen LogP contribution in [0.5, 0.6) is 0 Å². The van der Waals surface area contributed by atoms with Crippen LogP contribution in [0.4, 0.5) is 10.1 Å². The van der Waals surface area contributed by atoms with Gasteiger partial charge in [-0.2, -0.15) is 0 Å². The van der Waals surface area contributed by atoms with Gasteiger partial charge in [0.2, 0.25) is 0 Å². The number of para-hydroxylation sites is 1. The molecule has 1 nitrogen and oxygen atoms in total. The van der Waals surface area contributed by atoms with Crippen molar-refractivity contribution < 1.29 is 4.39 Å². The lowest BCUT2D eigenvalue weighted by Crippen LogP contribution is -2.12.